The third-order valence-electron chi connectivity index (χ3n) is 3.87. The molecule has 0 atom stereocenters. The second kappa shape index (κ2) is 9.53. The van der Waals surface area contributed by atoms with E-state index >= 15 is 0 Å². The second-order valence-corrected chi connectivity index (χ2v) is 6.04. The maximum atomic E-state index is 13.2. The van der Waals surface area contributed by atoms with E-state index in [0.717, 1.165) is 53.9 Å². The number of aryl methyl sites for hydroxylation is 1. The quantitative estimate of drug-likeness (QED) is 0.417. The Morgan fingerprint density at radius 3 is 2.42 bits per heavy atom. The lowest BCUT2D eigenvalue weighted by atomic mass is 9.98. The molecule has 0 saturated carbocycles. The summed E-state index contributed by atoms with van der Waals surface area (Å²) in [4.78, 5) is 0. The molecule has 2 rings (SSSR count). The summed E-state index contributed by atoms with van der Waals surface area (Å²) in [5.74, 6) is 1.90. The molecule has 24 heavy (non-hydrogen) atoms. The predicted molar refractivity (Wildman–Crippen MR) is 97.8 cm³/mol. The number of hydrogen-bond donors (Lipinski definition) is 0. The molecule has 0 bridgehead atoms. The van der Waals surface area contributed by atoms with E-state index in [-0.39, 0.29) is 5.82 Å². The molecule has 0 saturated heterocycles. The van der Waals surface area contributed by atoms with Crippen LogP contribution >= 0.6 is 11.6 Å². The van der Waals surface area contributed by atoms with Gasteiger partial charge in [0.1, 0.15) is 17.3 Å². The molecule has 0 fully saturated rings. The van der Waals surface area contributed by atoms with Crippen molar-refractivity contribution in [1.29, 1.82) is 0 Å². The standard InChI is InChI=1S/C20H24ClFO2/c1-3-4-6-16-13-18(15-7-9-17(22)10-8-15)20(23-2)14-19(16)24-12-5-11-21/h7-10,13-14H,3-6,11-12H2,1-2H3. The number of alkyl halides is 1. The lowest BCUT2D eigenvalue weighted by Crippen LogP contribution is -2.02. The summed E-state index contributed by atoms with van der Waals surface area (Å²) in [7, 11) is 1.64. The van der Waals surface area contributed by atoms with Gasteiger partial charge in [-0.15, -0.1) is 11.6 Å². The zero-order valence-electron chi connectivity index (χ0n) is 14.3. The van der Waals surface area contributed by atoms with Crippen molar-refractivity contribution < 1.29 is 13.9 Å². The highest BCUT2D eigenvalue weighted by Crippen LogP contribution is 2.37. The van der Waals surface area contributed by atoms with Crippen LogP contribution in [0, 0.1) is 5.82 Å². The van der Waals surface area contributed by atoms with Crippen LogP contribution in [-0.4, -0.2) is 19.6 Å². The fourth-order valence-electron chi connectivity index (χ4n) is 2.56. The van der Waals surface area contributed by atoms with Gasteiger partial charge < -0.3 is 9.47 Å². The normalized spacial score (nSPS) is 10.7. The van der Waals surface area contributed by atoms with Crippen molar-refractivity contribution in [2.75, 3.05) is 19.6 Å². The van der Waals surface area contributed by atoms with Gasteiger partial charge in [-0.2, -0.15) is 0 Å². The molecule has 2 nitrogen and oxygen atoms in total. The third-order valence-corrected chi connectivity index (χ3v) is 4.14. The summed E-state index contributed by atoms with van der Waals surface area (Å²) < 4.78 is 24.6. The van der Waals surface area contributed by atoms with E-state index in [1.165, 1.54) is 12.1 Å². The summed E-state index contributed by atoms with van der Waals surface area (Å²) in [5.41, 5.74) is 3.03. The monoisotopic (exact) mass is 350 g/mol. The van der Waals surface area contributed by atoms with Crippen LogP contribution in [0.15, 0.2) is 36.4 Å². The average Bonchev–Trinajstić information content (AvgIpc) is 2.61. The SMILES string of the molecule is CCCCc1cc(-c2ccc(F)cc2)c(OC)cc1OCCCCl. The summed E-state index contributed by atoms with van der Waals surface area (Å²) >= 11 is 5.73. The Bertz CT molecular complexity index is 641. The van der Waals surface area contributed by atoms with Gasteiger partial charge in [0.15, 0.2) is 0 Å². The van der Waals surface area contributed by atoms with Crippen LogP contribution < -0.4 is 9.47 Å². The van der Waals surface area contributed by atoms with Crippen molar-refractivity contribution >= 4 is 11.6 Å². The highest BCUT2D eigenvalue weighted by molar-refractivity contribution is 6.17. The fraction of sp³-hybridized carbons (Fsp3) is 0.400. The van der Waals surface area contributed by atoms with E-state index in [1.54, 1.807) is 19.2 Å². The molecule has 0 aliphatic carbocycles. The van der Waals surface area contributed by atoms with Gasteiger partial charge >= 0.3 is 0 Å². The number of benzene rings is 2. The molecule has 0 radical (unpaired) electrons. The molecule has 0 amide bonds. The molecule has 0 aromatic heterocycles. The molecule has 0 unspecified atom stereocenters. The predicted octanol–water partition coefficient (Wildman–Crippen LogP) is 5.85. The van der Waals surface area contributed by atoms with E-state index in [0.29, 0.717) is 12.5 Å². The van der Waals surface area contributed by atoms with Crippen LogP contribution in [-0.2, 0) is 6.42 Å². The van der Waals surface area contributed by atoms with Crippen molar-refractivity contribution in [2.45, 2.75) is 32.6 Å². The van der Waals surface area contributed by atoms with Crippen LogP contribution in [0.3, 0.4) is 0 Å². The average molecular weight is 351 g/mol. The zero-order chi connectivity index (χ0) is 17.4. The van der Waals surface area contributed by atoms with Gasteiger partial charge in [-0.05, 0) is 48.6 Å². The van der Waals surface area contributed by atoms with Gasteiger partial charge in [-0.3, -0.25) is 0 Å². The molecule has 2 aromatic carbocycles. The fourth-order valence-corrected chi connectivity index (χ4v) is 2.67. The van der Waals surface area contributed by atoms with E-state index in [4.69, 9.17) is 21.1 Å². The first-order chi connectivity index (χ1) is 11.7. The molecular formula is C20H24ClFO2. The Hall–Kier alpha value is -1.74. The Morgan fingerprint density at radius 1 is 1.04 bits per heavy atom. The van der Waals surface area contributed by atoms with Gasteiger partial charge in [-0.25, -0.2) is 4.39 Å². The van der Waals surface area contributed by atoms with Gasteiger partial charge in [0.2, 0.25) is 0 Å². The van der Waals surface area contributed by atoms with E-state index in [2.05, 4.69) is 13.0 Å². The molecule has 0 aliphatic rings. The minimum atomic E-state index is -0.245. The van der Waals surface area contributed by atoms with Gasteiger partial charge in [0.25, 0.3) is 0 Å². The summed E-state index contributed by atoms with van der Waals surface area (Å²) in [6, 6.07) is 10.5. The molecule has 0 N–H and O–H groups in total. The zero-order valence-corrected chi connectivity index (χ0v) is 15.0. The Morgan fingerprint density at radius 2 is 1.79 bits per heavy atom. The molecule has 0 heterocycles. The molecule has 4 heteroatoms. The molecule has 130 valence electrons. The topological polar surface area (TPSA) is 18.5 Å². The second-order valence-electron chi connectivity index (χ2n) is 5.66. The lowest BCUT2D eigenvalue weighted by molar-refractivity contribution is 0.312. The number of rotatable bonds is 9. The first kappa shape index (κ1) is 18.6. The minimum Gasteiger partial charge on any atom is -0.496 e. The van der Waals surface area contributed by atoms with Gasteiger partial charge in [-0.1, -0.05) is 25.5 Å². The Kier molecular flexibility index (Phi) is 7.38. The smallest absolute Gasteiger partial charge is 0.130 e. The summed E-state index contributed by atoms with van der Waals surface area (Å²) in [6.45, 7) is 2.75. The van der Waals surface area contributed by atoms with Crippen molar-refractivity contribution in [2.24, 2.45) is 0 Å². The van der Waals surface area contributed by atoms with Crippen LogP contribution in [0.4, 0.5) is 4.39 Å². The van der Waals surface area contributed by atoms with Crippen LogP contribution in [0.25, 0.3) is 11.1 Å². The van der Waals surface area contributed by atoms with E-state index in [9.17, 15) is 4.39 Å². The number of halogens is 2. The minimum absolute atomic E-state index is 0.245. The first-order valence-electron chi connectivity index (χ1n) is 8.35. The van der Waals surface area contributed by atoms with E-state index < -0.39 is 0 Å². The maximum absolute atomic E-state index is 13.2. The first-order valence-corrected chi connectivity index (χ1v) is 8.88. The highest BCUT2D eigenvalue weighted by atomic mass is 35.5. The van der Waals surface area contributed by atoms with Crippen LogP contribution in [0.5, 0.6) is 11.5 Å². The molecular weight excluding hydrogens is 327 g/mol. The number of ether oxygens (including phenoxy) is 2. The van der Waals surface area contributed by atoms with Crippen molar-refractivity contribution in [3.8, 4) is 22.6 Å². The summed E-state index contributed by atoms with van der Waals surface area (Å²) in [6.07, 6.45) is 3.93. The van der Waals surface area contributed by atoms with Gasteiger partial charge in [0.05, 0.1) is 13.7 Å². The highest BCUT2D eigenvalue weighted by Gasteiger charge is 2.13. The van der Waals surface area contributed by atoms with Crippen molar-refractivity contribution in [1.82, 2.24) is 0 Å². The van der Waals surface area contributed by atoms with Crippen molar-refractivity contribution in [3.05, 3.63) is 47.8 Å². The number of unbranched alkanes of at least 4 members (excludes halogenated alkanes) is 1. The molecule has 2 aromatic rings. The van der Waals surface area contributed by atoms with Gasteiger partial charge in [0, 0.05) is 17.5 Å². The maximum Gasteiger partial charge on any atom is 0.130 e. The largest absolute Gasteiger partial charge is 0.496 e. The number of hydrogen-bond acceptors (Lipinski definition) is 2. The Balaban J connectivity index is 2.40. The van der Waals surface area contributed by atoms with Crippen LogP contribution in [0.2, 0.25) is 0 Å². The number of methoxy groups -OCH3 is 1. The van der Waals surface area contributed by atoms with Crippen molar-refractivity contribution in [3.63, 3.8) is 0 Å². The third kappa shape index (κ3) is 4.88. The van der Waals surface area contributed by atoms with E-state index in [1.807, 2.05) is 6.07 Å². The lowest BCUT2D eigenvalue weighted by Gasteiger charge is -2.16. The molecule has 0 spiro atoms. The summed E-state index contributed by atoms with van der Waals surface area (Å²) in [5, 5.41) is 0. The Labute approximate surface area is 148 Å². The molecule has 0 aliphatic heterocycles. The van der Waals surface area contributed by atoms with Crippen LogP contribution in [0.1, 0.15) is 31.7 Å².